The topological polar surface area (TPSA) is 112 Å². The Morgan fingerprint density at radius 3 is 2.41 bits per heavy atom. The Morgan fingerprint density at radius 1 is 1.09 bits per heavy atom. The summed E-state index contributed by atoms with van der Waals surface area (Å²) in [6.07, 6.45) is 2.95. The van der Waals surface area contributed by atoms with Crippen LogP contribution in [0.3, 0.4) is 0 Å². The highest BCUT2D eigenvalue weighted by molar-refractivity contribution is 5.80. The summed E-state index contributed by atoms with van der Waals surface area (Å²) in [5.41, 5.74) is 3.94. The van der Waals surface area contributed by atoms with Crippen LogP contribution in [-0.4, -0.2) is 55.5 Å². The van der Waals surface area contributed by atoms with Gasteiger partial charge in [0.15, 0.2) is 0 Å². The van der Waals surface area contributed by atoms with Crippen LogP contribution in [0.15, 0.2) is 48.5 Å². The first-order valence-corrected chi connectivity index (χ1v) is 10.8. The molecule has 0 aliphatic heterocycles. The van der Waals surface area contributed by atoms with Crippen molar-refractivity contribution in [3.63, 3.8) is 0 Å². The van der Waals surface area contributed by atoms with Gasteiger partial charge < -0.3 is 9.90 Å². The molecule has 3 rings (SSSR count). The molecule has 0 saturated carbocycles. The second-order valence-electron chi connectivity index (χ2n) is 8.14. The van der Waals surface area contributed by atoms with Crippen LogP contribution in [0.1, 0.15) is 38.7 Å². The number of aldehydes is 1. The van der Waals surface area contributed by atoms with Crippen molar-refractivity contribution in [3.05, 3.63) is 54.1 Å². The van der Waals surface area contributed by atoms with E-state index in [0.29, 0.717) is 25.3 Å². The molecular weight excluding hydrogens is 406 g/mol. The standard InChI is InChI=1S/C24H29N5O3/c1-17(2)22(24(31)32)29(14-6-3-7-15-30)16-18-10-12-19(13-11-18)20-8-4-5-9-21(20)23-25-27-28-26-23/h4-5,8-13,15,17,22H,3,6-7,14,16H2,1-2H3,(H,31,32)(H,25,26,27,28)/t22-/m0/s1. The number of carboxylic acids is 1. The summed E-state index contributed by atoms with van der Waals surface area (Å²) >= 11 is 0. The van der Waals surface area contributed by atoms with Gasteiger partial charge in [-0.1, -0.05) is 62.4 Å². The van der Waals surface area contributed by atoms with Crippen molar-refractivity contribution < 1.29 is 14.7 Å². The molecular formula is C24H29N5O3. The SMILES string of the molecule is CC(C)[C@@H](C(=O)O)N(CCCCC=O)Cc1ccc(-c2ccccc2-c2nn[nH]n2)cc1. The van der Waals surface area contributed by atoms with Gasteiger partial charge in [-0.15, -0.1) is 10.2 Å². The van der Waals surface area contributed by atoms with Gasteiger partial charge in [0.25, 0.3) is 0 Å². The van der Waals surface area contributed by atoms with E-state index in [1.807, 2.05) is 67.3 Å². The van der Waals surface area contributed by atoms with Crippen LogP contribution >= 0.6 is 0 Å². The molecule has 2 aromatic carbocycles. The average molecular weight is 436 g/mol. The fourth-order valence-corrected chi connectivity index (χ4v) is 3.95. The number of carbonyl (C=O) groups is 2. The third-order valence-corrected chi connectivity index (χ3v) is 5.46. The van der Waals surface area contributed by atoms with Crippen LogP contribution in [0.4, 0.5) is 0 Å². The maximum Gasteiger partial charge on any atom is 0.321 e. The minimum Gasteiger partial charge on any atom is -0.480 e. The summed E-state index contributed by atoms with van der Waals surface area (Å²) in [7, 11) is 0. The highest BCUT2D eigenvalue weighted by atomic mass is 16.4. The second kappa shape index (κ2) is 11.3. The largest absolute Gasteiger partial charge is 0.480 e. The maximum absolute atomic E-state index is 11.9. The molecule has 8 heteroatoms. The molecule has 0 fully saturated rings. The monoisotopic (exact) mass is 435 g/mol. The number of nitrogens with one attached hydrogen (secondary N) is 1. The molecule has 0 aliphatic rings. The van der Waals surface area contributed by atoms with Gasteiger partial charge in [0.1, 0.15) is 12.3 Å². The first-order valence-electron chi connectivity index (χ1n) is 10.8. The normalized spacial score (nSPS) is 12.2. The van der Waals surface area contributed by atoms with E-state index in [1.54, 1.807) is 0 Å². The number of nitrogens with zero attached hydrogens (tertiary/aromatic N) is 4. The summed E-state index contributed by atoms with van der Waals surface area (Å²) in [6, 6.07) is 15.4. The number of hydrogen-bond acceptors (Lipinski definition) is 6. The van der Waals surface area contributed by atoms with Gasteiger partial charge in [-0.05, 0) is 47.2 Å². The number of benzene rings is 2. The Balaban J connectivity index is 1.80. The summed E-state index contributed by atoms with van der Waals surface area (Å²) in [5, 5.41) is 24.1. The molecule has 1 heterocycles. The third kappa shape index (κ3) is 5.85. The van der Waals surface area contributed by atoms with Crippen molar-refractivity contribution in [2.24, 2.45) is 5.92 Å². The summed E-state index contributed by atoms with van der Waals surface area (Å²) in [6.45, 7) is 5.01. The van der Waals surface area contributed by atoms with Crippen LogP contribution in [0.2, 0.25) is 0 Å². The number of aromatic nitrogens is 4. The van der Waals surface area contributed by atoms with Crippen molar-refractivity contribution >= 4 is 12.3 Å². The zero-order chi connectivity index (χ0) is 22.9. The average Bonchev–Trinajstić information content (AvgIpc) is 3.31. The molecule has 0 aliphatic carbocycles. The molecule has 0 unspecified atom stereocenters. The molecule has 0 saturated heterocycles. The fourth-order valence-electron chi connectivity index (χ4n) is 3.95. The van der Waals surface area contributed by atoms with Gasteiger partial charge in [-0.2, -0.15) is 5.21 Å². The predicted octanol–water partition coefficient (Wildman–Crippen LogP) is 3.81. The molecule has 8 nitrogen and oxygen atoms in total. The maximum atomic E-state index is 11.9. The number of carbonyl (C=O) groups excluding carboxylic acids is 1. The molecule has 1 aromatic heterocycles. The first-order chi connectivity index (χ1) is 15.5. The predicted molar refractivity (Wildman–Crippen MR) is 122 cm³/mol. The van der Waals surface area contributed by atoms with E-state index < -0.39 is 12.0 Å². The number of aliphatic carboxylic acids is 1. The van der Waals surface area contributed by atoms with E-state index in [1.165, 1.54) is 0 Å². The molecule has 168 valence electrons. The van der Waals surface area contributed by atoms with E-state index in [4.69, 9.17) is 0 Å². The number of aromatic amines is 1. The van der Waals surface area contributed by atoms with Gasteiger partial charge in [0.2, 0.25) is 5.82 Å². The summed E-state index contributed by atoms with van der Waals surface area (Å²) in [4.78, 5) is 24.6. The molecule has 32 heavy (non-hydrogen) atoms. The molecule has 1 atom stereocenters. The highest BCUT2D eigenvalue weighted by Crippen LogP contribution is 2.30. The number of tetrazole rings is 1. The van der Waals surface area contributed by atoms with E-state index in [-0.39, 0.29) is 5.92 Å². The van der Waals surface area contributed by atoms with Crippen LogP contribution < -0.4 is 0 Å². The molecule has 2 N–H and O–H groups in total. The quantitative estimate of drug-likeness (QED) is 0.328. The van der Waals surface area contributed by atoms with Gasteiger partial charge in [-0.3, -0.25) is 9.69 Å². The lowest BCUT2D eigenvalue weighted by Crippen LogP contribution is -2.44. The Labute approximate surface area is 187 Å². The van der Waals surface area contributed by atoms with Gasteiger partial charge in [0.05, 0.1) is 0 Å². The van der Waals surface area contributed by atoms with E-state index >= 15 is 0 Å². The lowest BCUT2D eigenvalue weighted by atomic mass is 9.97. The highest BCUT2D eigenvalue weighted by Gasteiger charge is 2.28. The Kier molecular flexibility index (Phi) is 8.21. The second-order valence-corrected chi connectivity index (χ2v) is 8.14. The lowest BCUT2D eigenvalue weighted by molar-refractivity contribution is -0.145. The first kappa shape index (κ1) is 23.3. The van der Waals surface area contributed by atoms with Gasteiger partial charge in [0, 0.05) is 18.5 Å². The van der Waals surface area contributed by atoms with E-state index in [9.17, 15) is 14.7 Å². The number of unbranched alkanes of at least 4 members (excludes halogenated alkanes) is 2. The van der Waals surface area contributed by atoms with Crippen LogP contribution in [0.5, 0.6) is 0 Å². The molecule has 0 bridgehead atoms. The van der Waals surface area contributed by atoms with Crippen molar-refractivity contribution in [1.82, 2.24) is 25.5 Å². The third-order valence-electron chi connectivity index (χ3n) is 5.46. The fraction of sp³-hybridized carbons (Fsp3) is 0.375. The van der Waals surface area contributed by atoms with E-state index in [2.05, 4.69) is 20.6 Å². The molecule has 0 spiro atoms. The minimum absolute atomic E-state index is 0.0281. The van der Waals surface area contributed by atoms with Crippen molar-refractivity contribution in [2.45, 2.75) is 45.7 Å². The molecule has 0 radical (unpaired) electrons. The smallest absolute Gasteiger partial charge is 0.321 e. The number of hydrogen-bond donors (Lipinski definition) is 2. The van der Waals surface area contributed by atoms with Crippen molar-refractivity contribution in [3.8, 4) is 22.5 Å². The Hall–Kier alpha value is -3.39. The Bertz CT molecular complexity index is 1000. The minimum atomic E-state index is -0.818. The van der Waals surface area contributed by atoms with Gasteiger partial charge >= 0.3 is 5.97 Å². The number of carboxylic acid groups (broad SMARTS) is 1. The Morgan fingerprint density at radius 2 is 1.81 bits per heavy atom. The van der Waals surface area contributed by atoms with Gasteiger partial charge in [-0.25, -0.2) is 0 Å². The van der Waals surface area contributed by atoms with Crippen molar-refractivity contribution in [1.29, 1.82) is 0 Å². The molecule has 3 aromatic rings. The number of H-pyrrole nitrogens is 1. The summed E-state index contributed by atoms with van der Waals surface area (Å²) < 4.78 is 0. The van der Waals surface area contributed by atoms with Crippen LogP contribution in [0, 0.1) is 5.92 Å². The van der Waals surface area contributed by atoms with Crippen LogP contribution in [-0.2, 0) is 16.1 Å². The van der Waals surface area contributed by atoms with Crippen molar-refractivity contribution in [2.75, 3.05) is 6.54 Å². The van der Waals surface area contributed by atoms with E-state index in [0.717, 1.165) is 41.4 Å². The number of rotatable bonds is 12. The summed E-state index contributed by atoms with van der Waals surface area (Å²) in [5.74, 6) is -0.312. The zero-order valence-electron chi connectivity index (χ0n) is 18.4. The molecule has 0 amide bonds. The zero-order valence-corrected chi connectivity index (χ0v) is 18.4. The lowest BCUT2D eigenvalue weighted by Gasteiger charge is -2.31. The van der Waals surface area contributed by atoms with Crippen LogP contribution in [0.25, 0.3) is 22.5 Å².